The van der Waals surface area contributed by atoms with Crippen LogP contribution in [0.2, 0.25) is 0 Å². The first-order chi connectivity index (χ1) is 9.86. The minimum absolute atomic E-state index is 0.119. The van der Waals surface area contributed by atoms with Crippen LogP contribution in [0.15, 0.2) is 30.3 Å². The van der Waals surface area contributed by atoms with E-state index in [1.54, 1.807) is 13.8 Å². The SMILES string of the molecule is COC(=O)[C@H](Cc1ccccc1)N1C(=O)CC(C)(C)C1=O. The van der Waals surface area contributed by atoms with Gasteiger partial charge in [-0.1, -0.05) is 44.2 Å². The van der Waals surface area contributed by atoms with Crippen molar-refractivity contribution in [1.82, 2.24) is 4.90 Å². The van der Waals surface area contributed by atoms with Gasteiger partial charge in [0.2, 0.25) is 11.8 Å². The number of benzene rings is 1. The molecule has 0 saturated carbocycles. The molecule has 0 spiro atoms. The third-order valence-electron chi connectivity index (χ3n) is 3.72. The number of imide groups is 1. The first-order valence-corrected chi connectivity index (χ1v) is 6.85. The van der Waals surface area contributed by atoms with Crippen LogP contribution in [-0.4, -0.2) is 35.8 Å². The number of ether oxygens (including phenoxy) is 1. The number of hydrogen-bond donors (Lipinski definition) is 0. The molecular formula is C16H19NO4. The van der Waals surface area contributed by atoms with Crippen molar-refractivity contribution < 1.29 is 19.1 Å². The van der Waals surface area contributed by atoms with Crippen molar-refractivity contribution in [1.29, 1.82) is 0 Å². The van der Waals surface area contributed by atoms with Crippen molar-refractivity contribution in [3.8, 4) is 0 Å². The molecule has 2 amide bonds. The number of hydrogen-bond acceptors (Lipinski definition) is 4. The monoisotopic (exact) mass is 289 g/mol. The van der Waals surface area contributed by atoms with Gasteiger partial charge in [0.05, 0.1) is 12.5 Å². The molecular weight excluding hydrogens is 270 g/mol. The summed E-state index contributed by atoms with van der Waals surface area (Å²) < 4.78 is 4.78. The summed E-state index contributed by atoms with van der Waals surface area (Å²) in [6, 6.07) is 8.37. The molecule has 0 bridgehead atoms. The van der Waals surface area contributed by atoms with Crippen LogP contribution in [0.3, 0.4) is 0 Å². The van der Waals surface area contributed by atoms with Gasteiger partial charge in [0.15, 0.2) is 0 Å². The molecule has 5 heteroatoms. The molecule has 21 heavy (non-hydrogen) atoms. The maximum absolute atomic E-state index is 12.4. The Kier molecular flexibility index (Phi) is 4.11. The molecule has 0 aromatic heterocycles. The van der Waals surface area contributed by atoms with Crippen LogP contribution in [-0.2, 0) is 25.5 Å². The van der Waals surface area contributed by atoms with Crippen LogP contribution in [0.1, 0.15) is 25.8 Å². The average molecular weight is 289 g/mol. The van der Waals surface area contributed by atoms with E-state index in [0.717, 1.165) is 10.5 Å². The number of likely N-dealkylation sites (tertiary alicyclic amines) is 1. The first kappa shape index (κ1) is 15.2. The van der Waals surface area contributed by atoms with Crippen LogP contribution < -0.4 is 0 Å². The van der Waals surface area contributed by atoms with Crippen molar-refractivity contribution in [3.05, 3.63) is 35.9 Å². The lowest BCUT2D eigenvalue weighted by Gasteiger charge is -2.25. The summed E-state index contributed by atoms with van der Waals surface area (Å²) >= 11 is 0. The first-order valence-electron chi connectivity index (χ1n) is 6.85. The van der Waals surface area contributed by atoms with E-state index in [1.807, 2.05) is 30.3 Å². The second-order valence-corrected chi connectivity index (χ2v) is 5.86. The van der Waals surface area contributed by atoms with Crippen LogP contribution in [0.5, 0.6) is 0 Å². The number of amides is 2. The number of nitrogens with zero attached hydrogens (tertiary/aromatic N) is 1. The summed E-state index contributed by atoms with van der Waals surface area (Å²) in [6.45, 7) is 3.42. The van der Waals surface area contributed by atoms with Gasteiger partial charge in [0, 0.05) is 12.8 Å². The zero-order valence-electron chi connectivity index (χ0n) is 12.5. The Morgan fingerprint density at radius 1 is 1.29 bits per heavy atom. The van der Waals surface area contributed by atoms with E-state index in [1.165, 1.54) is 7.11 Å². The topological polar surface area (TPSA) is 63.7 Å². The fourth-order valence-electron chi connectivity index (χ4n) is 2.55. The van der Waals surface area contributed by atoms with Crippen LogP contribution in [0.4, 0.5) is 0 Å². The summed E-state index contributed by atoms with van der Waals surface area (Å²) in [4.78, 5) is 37.6. The van der Waals surface area contributed by atoms with Gasteiger partial charge in [-0.3, -0.25) is 14.5 Å². The van der Waals surface area contributed by atoms with Gasteiger partial charge in [0.1, 0.15) is 6.04 Å². The number of carbonyl (C=O) groups is 3. The van der Waals surface area contributed by atoms with Crippen molar-refractivity contribution in [2.75, 3.05) is 7.11 Å². The molecule has 1 aliphatic heterocycles. The van der Waals surface area contributed by atoms with Gasteiger partial charge < -0.3 is 4.74 Å². The lowest BCUT2D eigenvalue weighted by atomic mass is 9.92. The second-order valence-electron chi connectivity index (χ2n) is 5.86. The van der Waals surface area contributed by atoms with E-state index in [0.29, 0.717) is 0 Å². The standard InChI is InChI=1S/C16H19NO4/c1-16(2)10-13(18)17(15(16)20)12(14(19)21-3)9-11-7-5-4-6-8-11/h4-8,12H,9-10H2,1-3H3/t12-/m0/s1. The van der Waals surface area contributed by atoms with Crippen LogP contribution in [0.25, 0.3) is 0 Å². The molecule has 0 radical (unpaired) electrons. The van der Waals surface area contributed by atoms with E-state index in [-0.39, 0.29) is 24.7 Å². The highest BCUT2D eigenvalue weighted by molar-refractivity contribution is 6.08. The maximum Gasteiger partial charge on any atom is 0.329 e. The quantitative estimate of drug-likeness (QED) is 0.623. The summed E-state index contributed by atoms with van der Waals surface area (Å²) in [5.74, 6) is -1.21. The molecule has 112 valence electrons. The van der Waals surface area contributed by atoms with Crippen molar-refractivity contribution in [3.63, 3.8) is 0 Å². The Morgan fingerprint density at radius 2 is 1.90 bits per heavy atom. The van der Waals surface area contributed by atoms with Gasteiger partial charge in [0.25, 0.3) is 0 Å². The predicted molar refractivity (Wildman–Crippen MR) is 76.2 cm³/mol. The molecule has 0 aliphatic carbocycles. The van der Waals surface area contributed by atoms with E-state index in [9.17, 15) is 14.4 Å². The normalized spacial score (nSPS) is 18.7. The summed E-state index contributed by atoms with van der Waals surface area (Å²) in [7, 11) is 1.26. The molecule has 1 saturated heterocycles. The van der Waals surface area contributed by atoms with Gasteiger partial charge >= 0.3 is 5.97 Å². The van der Waals surface area contributed by atoms with E-state index in [4.69, 9.17) is 4.74 Å². The molecule has 0 N–H and O–H groups in total. The molecule has 5 nitrogen and oxygen atoms in total. The molecule has 1 aliphatic rings. The number of carbonyl (C=O) groups excluding carboxylic acids is 3. The van der Waals surface area contributed by atoms with Crippen LogP contribution in [0, 0.1) is 5.41 Å². The second kappa shape index (κ2) is 5.68. The highest BCUT2D eigenvalue weighted by Crippen LogP contribution is 2.33. The highest BCUT2D eigenvalue weighted by Gasteiger charge is 2.49. The Hall–Kier alpha value is -2.17. The van der Waals surface area contributed by atoms with Crippen molar-refractivity contribution in [2.24, 2.45) is 5.41 Å². The molecule has 0 unspecified atom stereocenters. The third kappa shape index (κ3) is 2.96. The van der Waals surface area contributed by atoms with E-state index in [2.05, 4.69) is 0 Å². The Bertz CT molecular complexity index is 565. The molecule has 1 aromatic carbocycles. The largest absolute Gasteiger partial charge is 0.467 e. The fourth-order valence-corrected chi connectivity index (χ4v) is 2.55. The maximum atomic E-state index is 12.4. The zero-order chi connectivity index (χ0) is 15.6. The average Bonchev–Trinajstić information content (AvgIpc) is 2.65. The Labute approximate surface area is 123 Å². The van der Waals surface area contributed by atoms with E-state index >= 15 is 0 Å². The minimum Gasteiger partial charge on any atom is -0.467 e. The van der Waals surface area contributed by atoms with Gasteiger partial charge in [-0.25, -0.2) is 4.79 Å². The van der Waals surface area contributed by atoms with Crippen LogP contribution >= 0.6 is 0 Å². The predicted octanol–water partition coefficient (Wildman–Crippen LogP) is 1.56. The Balaban J connectivity index is 2.31. The van der Waals surface area contributed by atoms with Gasteiger partial charge in [-0.05, 0) is 5.56 Å². The van der Waals surface area contributed by atoms with Crippen molar-refractivity contribution >= 4 is 17.8 Å². The lowest BCUT2D eigenvalue weighted by molar-refractivity contribution is -0.157. The van der Waals surface area contributed by atoms with Crippen molar-refractivity contribution in [2.45, 2.75) is 32.7 Å². The highest BCUT2D eigenvalue weighted by atomic mass is 16.5. The smallest absolute Gasteiger partial charge is 0.329 e. The number of esters is 1. The summed E-state index contributed by atoms with van der Waals surface area (Å²) in [6.07, 6.45) is 0.384. The molecule has 1 heterocycles. The lowest BCUT2D eigenvalue weighted by Crippen LogP contribution is -2.47. The Morgan fingerprint density at radius 3 is 2.38 bits per heavy atom. The molecule has 1 fully saturated rings. The van der Waals surface area contributed by atoms with Gasteiger partial charge in [-0.2, -0.15) is 0 Å². The number of methoxy groups -OCH3 is 1. The number of rotatable bonds is 4. The third-order valence-corrected chi connectivity index (χ3v) is 3.72. The van der Waals surface area contributed by atoms with E-state index < -0.39 is 17.4 Å². The summed E-state index contributed by atoms with van der Waals surface area (Å²) in [5, 5.41) is 0. The minimum atomic E-state index is -0.904. The molecule has 1 atom stereocenters. The molecule has 2 rings (SSSR count). The summed E-state index contributed by atoms with van der Waals surface area (Å²) in [5.41, 5.74) is 0.109. The fraction of sp³-hybridized carbons (Fsp3) is 0.438. The zero-order valence-corrected chi connectivity index (χ0v) is 12.5. The van der Waals surface area contributed by atoms with Gasteiger partial charge in [-0.15, -0.1) is 0 Å². The molecule has 1 aromatic rings.